The lowest BCUT2D eigenvalue weighted by atomic mass is 9.97. The zero-order valence-corrected chi connectivity index (χ0v) is 21.3. The molecule has 1 unspecified atom stereocenters. The summed E-state index contributed by atoms with van der Waals surface area (Å²) in [7, 11) is -3.77. The van der Waals surface area contributed by atoms with Crippen molar-refractivity contribution < 1.29 is 35.9 Å². The van der Waals surface area contributed by atoms with E-state index in [9.17, 15) is 31.2 Å². The number of nitrogens with one attached hydrogen (secondary N) is 1. The lowest BCUT2D eigenvalue weighted by Crippen LogP contribution is -2.57. The maximum Gasteiger partial charge on any atom is 0.416 e. The van der Waals surface area contributed by atoms with Gasteiger partial charge in [0, 0.05) is 38.3 Å². The molecule has 0 spiro atoms. The van der Waals surface area contributed by atoms with Crippen LogP contribution in [-0.4, -0.2) is 79.1 Å². The third kappa shape index (κ3) is 4.94. The van der Waals surface area contributed by atoms with Crippen molar-refractivity contribution in [3.05, 3.63) is 29.3 Å². The number of rotatable bonds is 5. The molecule has 1 N–H and O–H groups in total. The number of likely N-dealkylation sites (tertiary alicyclic amines) is 1. The van der Waals surface area contributed by atoms with Crippen LogP contribution >= 0.6 is 0 Å². The van der Waals surface area contributed by atoms with E-state index in [1.165, 1.54) is 19.6 Å². The molecular formula is C24H28F3N5O5S. The van der Waals surface area contributed by atoms with E-state index in [4.69, 9.17) is 10.00 Å². The summed E-state index contributed by atoms with van der Waals surface area (Å²) in [6, 6.07) is 3.61. The van der Waals surface area contributed by atoms with Gasteiger partial charge in [-0.3, -0.25) is 9.59 Å². The first-order chi connectivity index (χ1) is 18.0. The molecule has 3 fully saturated rings. The van der Waals surface area contributed by atoms with Gasteiger partial charge in [0.2, 0.25) is 11.8 Å². The van der Waals surface area contributed by atoms with Crippen LogP contribution in [0.3, 0.4) is 0 Å². The monoisotopic (exact) mass is 555 g/mol. The number of piperidine rings is 1. The Labute approximate surface area is 218 Å². The van der Waals surface area contributed by atoms with Crippen LogP contribution in [0.5, 0.6) is 5.75 Å². The van der Waals surface area contributed by atoms with Crippen molar-refractivity contribution in [1.29, 1.82) is 5.26 Å². The van der Waals surface area contributed by atoms with Crippen molar-refractivity contribution >= 4 is 22.0 Å². The lowest BCUT2D eigenvalue weighted by molar-refractivity contribution is -0.142. The van der Waals surface area contributed by atoms with Crippen LogP contribution in [0.15, 0.2) is 18.2 Å². The molecule has 0 aromatic heterocycles. The summed E-state index contributed by atoms with van der Waals surface area (Å²) in [5, 5.41) is 11.7. The summed E-state index contributed by atoms with van der Waals surface area (Å²) in [5.41, 5.74) is -0.598. The molecule has 0 bridgehead atoms. The van der Waals surface area contributed by atoms with Gasteiger partial charge in [-0.1, -0.05) is 0 Å². The van der Waals surface area contributed by atoms with Gasteiger partial charge in [-0.25, -0.2) is 0 Å². The van der Waals surface area contributed by atoms with Crippen molar-refractivity contribution in [3.63, 3.8) is 0 Å². The number of nitrogens with zero attached hydrogens (tertiary/aromatic N) is 4. The number of fused-ring (bicyclic) bond motifs is 1. The highest BCUT2D eigenvalue weighted by Crippen LogP contribution is 2.38. The Morgan fingerprint density at radius 2 is 1.82 bits per heavy atom. The highest BCUT2D eigenvalue weighted by molar-refractivity contribution is 7.86. The number of nitriles is 1. The van der Waals surface area contributed by atoms with E-state index in [1.54, 1.807) is 0 Å². The van der Waals surface area contributed by atoms with E-state index in [-0.39, 0.29) is 55.9 Å². The van der Waals surface area contributed by atoms with Crippen LogP contribution in [0, 0.1) is 23.2 Å². The SMILES string of the molecule is N#CC1CN(S(=O)(=O)N2CCC[C@H](C(=O)N3CCC[C@@H]3C(=O)NC3COc4ccc(C(F)(F)F)cc43)C2)C1. The average Bonchev–Trinajstić information content (AvgIpc) is 3.50. The van der Waals surface area contributed by atoms with E-state index in [1.807, 2.05) is 6.07 Å². The number of benzene rings is 1. The molecule has 0 saturated carbocycles. The number of hydrogen-bond donors (Lipinski definition) is 1. The largest absolute Gasteiger partial charge is 0.491 e. The molecule has 1 aromatic carbocycles. The number of alkyl halides is 3. The molecule has 0 radical (unpaired) electrons. The summed E-state index contributed by atoms with van der Waals surface area (Å²) < 4.78 is 73.4. The van der Waals surface area contributed by atoms with Gasteiger partial charge in [0.15, 0.2) is 0 Å². The van der Waals surface area contributed by atoms with E-state index in [2.05, 4.69) is 5.32 Å². The van der Waals surface area contributed by atoms with Crippen LogP contribution in [0.2, 0.25) is 0 Å². The summed E-state index contributed by atoms with van der Waals surface area (Å²) in [6.45, 7) is 0.893. The van der Waals surface area contributed by atoms with Crippen LogP contribution in [0.1, 0.15) is 42.9 Å². The average molecular weight is 556 g/mol. The second-order valence-corrected chi connectivity index (χ2v) is 12.1. The van der Waals surface area contributed by atoms with Gasteiger partial charge < -0.3 is 15.0 Å². The summed E-state index contributed by atoms with van der Waals surface area (Å²) in [6.07, 6.45) is -2.57. The number of halogens is 3. The minimum Gasteiger partial charge on any atom is -0.491 e. The molecule has 4 aliphatic rings. The van der Waals surface area contributed by atoms with E-state index in [0.717, 1.165) is 12.1 Å². The maximum absolute atomic E-state index is 13.4. The molecular weight excluding hydrogens is 527 g/mol. The number of amides is 2. The Balaban J connectivity index is 1.24. The molecule has 3 saturated heterocycles. The van der Waals surface area contributed by atoms with Gasteiger partial charge in [-0.05, 0) is 43.9 Å². The fraction of sp³-hybridized carbons (Fsp3) is 0.625. The Morgan fingerprint density at radius 3 is 2.53 bits per heavy atom. The molecule has 0 aliphatic carbocycles. The first-order valence-electron chi connectivity index (χ1n) is 12.6. The van der Waals surface area contributed by atoms with Gasteiger partial charge in [-0.2, -0.15) is 35.5 Å². The van der Waals surface area contributed by atoms with Gasteiger partial charge in [0.25, 0.3) is 10.2 Å². The number of hydrogen-bond acceptors (Lipinski definition) is 6. The minimum atomic E-state index is -4.53. The van der Waals surface area contributed by atoms with Crippen molar-refractivity contribution in [2.45, 2.75) is 43.9 Å². The molecule has 2 amide bonds. The van der Waals surface area contributed by atoms with Crippen molar-refractivity contribution in [2.24, 2.45) is 11.8 Å². The molecule has 5 rings (SSSR count). The topological polar surface area (TPSA) is 123 Å². The van der Waals surface area contributed by atoms with Crippen molar-refractivity contribution in [3.8, 4) is 11.8 Å². The zero-order valence-electron chi connectivity index (χ0n) is 20.5. The van der Waals surface area contributed by atoms with Gasteiger partial charge in [0.05, 0.1) is 29.5 Å². The standard InChI is InChI=1S/C24H28F3N5O5S/c25-24(26,27)17-5-6-21-18(9-17)19(14-37-21)29-22(33)20-4-2-8-32(20)23(34)16-3-1-7-30(13-16)38(35,36)31-11-15(10-28)12-31/h5-6,9,15-16,19-20H,1-4,7-8,11-14H2,(H,29,33)/t16-,19?,20+/m0/s1. The minimum absolute atomic E-state index is 0.00376. The van der Waals surface area contributed by atoms with Crippen LogP contribution in [0.4, 0.5) is 13.2 Å². The van der Waals surface area contributed by atoms with Gasteiger partial charge >= 0.3 is 6.18 Å². The van der Waals surface area contributed by atoms with E-state index in [0.29, 0.717) is 32.2 Å². The predicted molar refractivity (Wildman–Crippen MR) is 126 cm³/mol. The molecule has 14 heteroatoms. The van der Waals surface area contributed by atoms with E-state index < -0.39 is 45.9 Å². The second kappa shape index (κ2) is 10.0. The van der Waals surface area contributed by atoms with Crippen molar-refractivity contribution in [1.82, 2.24) is 18.8 Å². The third-order valence-corrected chi connectivity index (χ3v) is 9.62. The fourth-order valence-corrected chi connectivity index (χ4v) is 7.33. The zero-order chi connectivity index (χ0) is 27.2. The number of carbonyl (C=O) groups is 2. The summed E-state index contributed by atoms with van der Waals surface area (Å²) >= 11 is 0. The smallest absolute Gasteiger partial charge is 0.416 e. The Hall–Kier alpha value is -2.89. The van der Waals surface area contributed by atoms with E-state index >= 15 is 0 Å². The first-order valence-corrected chi connectivity index (χ1v) is 14.0. The third-order valence-electron chi connectivity index (χ3n) is 7.69. The summed E-state index contributed by atoms with van der Waals surface area (Å²) in [4.78, 5) is 28.1. The maximum atomic E-state index is 13.4. The Morgan fingerprint density at radius 1 is 1.08 bits per heavy atom. The molecule has 1 aromatic rings. The number of carbonyl (C=O) groups excluding carboxylic acids is 2. The van der Waals surface area contributed by atoms with Crippen LogP contribution in [-0.2, 0) is 26.0 Å². The molecule has 10 nitrogen and oxygen atoms in total. The predicted octanol–water partition coefficient (Wildman–Crippen LogP) is 1.66. The normalized spacial score (nSPS) is 26.8. The number of ether oxygens (including phenoxy) is 1. The molecule has 3 atom stereocenters. The Kier molecular flexibility index (Phi) is 7.04. The highest BCUT2D eigenvalue weighted by atomic mass is 32.2. The molecule has 206 valence electrons. The van der Waals surface area contributed by atoms with Crippen LogP contribution in [0.25, 0.3) is 0 Å². The van der Waals surface area contributed by atoms with Crippen molar-refractivity contribution in [2.75, 3.05) is 39.3 Å². The fourth-order valence-electron chi connectivity index (χ4n) is 5.54. The van der Waals surface area contributed by atoms with Gasteiger partial charge in [0.1, 0.15) is 18.4 Å². The summed E-state index contributed by atoms with van der Waals surface area (Å²) in [5.74, 6) is -1.44. The quantitative estimate of drug-likeness (QED) is 0.590. The first kappa shape index (κ1) is 26.7. The second-order valence-electron chi connectivity index (χ2n) is 10.2. The van der Waals surface area contributed by atoms with Crippen LogP contribution < -0.4 is 10.1 Å². The molecule has 38 heavy (non-hydrogen) atoms. The lowest BCUT2D eigenvalue weighted by Gasteiger charge is -2.41. The van der Waals surface area contributed by atoms with Gasteiger partial charge in [-0.15, -0.1) is 0 Å². The molecule has 4 heterocycles. The Bertz CT molecular complexity index is 1260. The molecule has 4 aliphatic heterocycles. The highest BCUT2D eigenvalue weighted by Gasteiger charge is 2.44.